The number of alkyl halides is 2. The molecule has 2 rings (SSSR count). The number of anilines is 1. The van der Waals surface area contributed by atoms with Crippen LogP contribution in [0.1, 0.15) is 11.4 Å². The van der Waals surface area contributed by atoms with Crippen molar-refractivity contribution in [1.29, 1.82) is 0 Å². The summed E-state index contributed by atoms with van der Waals surface area (Å²) in [6.45, 7) is 1.49. The van der Waals surface area contributed by atoms with Gasteiger partial charge in [-0.1, -0.05) is 0 Å². The van der Waals surface area contributed by atoms with Crippen LogP contribution in [0.4, 0.5) is 25.8 Å². The number of benzene rings is 1. The Morgan fingerprint density at radius 3 is 2.46 bits per heavy atom. The van der Waals surface area contributed by atoms with Gasteiger partial charge in [0.1, 0.15) is 30.3 Å². The lowest BCUT2D eigenvalue weighted by Gasteiger charge is -2.10. The Balaban J connectivity index is 2.20. The second-order valence-corrected chi connectivity index (χ2v) is 5.66. The van der Waals surface area contributed by atoms with E-state index in [-0.39, 0.29) is 28.5 Å². The predicted octanol–water partition coefficient (Wildman–Crippen LogP) is 2.60. The lowest BCUT2D eigenvalue weighted by atomic mass is 10.2. The zero-order valence-corrected chi connectivity index (χ0v) is 14.7. The van der Waals surface area contributed by atoms with Crippen LogP contribution in [0.2, 0.25) is 0 Å². The molecule has 1 amide bonds. The molecule has 0 saturated carbocycles. The van der Waals surface area contributed by atoms with Crippen LogP contribution < -0.4 is 10.1 Å². The molecule has 0 aliphatic rings. The van der Waals surface area contributed by atoms with Gasteiger partial charge in [0, 0.05) is 12.1 Å². The number of aryl methyl sites for hydroxylation is 1. The number of carbonyl (C=O) groups is 1. The van der Waals surface area contributed by atoms with Gasteiger partial charge in [-0.3, -0.25) is 29.7 Å². The number of nitro benzene ring substituents is 1. The van der Waals surface area contributed by atoms with Crippen molar-refractivity contribution in [3.05, 3.63) is 49.8 Å². The smallest absolute Gasteiger partial charge is 0.312 e. The van der Waals surface area contributed by atoms with Crippen LogP contribution in [0.15, 0.2) is 18.2 Å². The number of nitrogens with one attached hydrogen (secondary N) is 1. The Morgan fingerprint density at radius 1 is 1.25 bits per heavy atom. The molecule has 0 bridgehead atoms. The van der Waals surface area contributed by atoms with Crippen LogP contribution in [0.5, 0.6) is 5.75 Å². The maximum Gasteiger partial charge on any atom is 0.312 e. The highest BCUT2D eigenvalue weighted by Crippen LogP contribution is 2.27. The van der Waals surface area contributed by atoms with Gasteiger partial charge in [0.25, 0.3) is 12.1 Å². The number of non-ortho nitro benzene ring substituents is 1. The number of aromatic nitrogens is 2. The van der Waals surface area contributed by atoms with Crippen molar-refractivity contribution < 1.29 is 28.2 Å². The molecule has 0 atom stereocenters. The molecule has 0 saturated heterocycles. The lowest BCUT2D eigenvalue weighted by Crippen LogP contribution is -2.20. The second-order valence-electron chi connectivity index (χ2n) is 5.66. The number of nitro groups is 2. The number of amides is 1. The highest BCUT2D eigenvalue weighted by molar-refractivity contribution is 5.91. The summed E-state index contributed by atoms with van der Waals surface area (Å²) < 4.78 is 30.4. The Bertz CT molecular complexity index is 930. The molecule has 2 aromatic rings. The minimum atomic E-state index is -2.78. The zero-order chi connectivity index (χ0) is 21.0. The van der Waals surface area contributed by atoms with Crippen LogP contribution in [0, 0.1) is 34.1 Å². The highest BCUT2D eigenvalue weighted by atomic mass is 19.3. The van der Waals surface area contributed by atoms with E-state index in [2.05, 4.69) is 10.4 Å². The number of hydrogen-bond acceptors (Lipinski definition) is 7. The van der Waals surface area contributed by atoms with Crippen LogP contribution in [-0.4, -0.2) is 38.6 Å². The standard InChI is InChI=1S/C15H15F2N5O6/c1-8-15(22(26)27)9(2)20(19-8)6-14(23)18-10-3-11(21(24)25)5-12(4-10)28-7-13(16)17/h3-5,13H,6-7H2,1-2H3,(H,18,23). The van der Waals surface area contributed by atoms with Crippen molar-refractivity contribution >= 4 is 23.0 Å². The molecule has 1 aromatic carbocycles. The average Bonchev–Trinajstić information content (AvgIpc) is 2.86. The summed E-state index contributed by atoms with van der Waals surface area (Å²) in [7, 11) is 0. The number of carbonyl (C=O) groups excluding carboxylic acids is 1. The fraction of sp³-hybridized carbons (Fsp3) is 0.333. The Hall–Kier alpha value is -3.64. The first-order valence-corrected chi connectivity index (χ1v) is 7.77. The molecule has 1 heterocycles. The van der Waals surface area contributed by atoms with Crippen LogP contribution in [-0.2, 0) is 11.3 Å². The zero-order valence-electron chi connectivity index (χ0n) is 14.7. The first-order valence-electron chi connectivity index (χ1n) is 7.77. The van der Waals surface area contributed by atoms with E-state index in [1.807, 2.05) is 0 Å². The SMILES string of the molecule is Cc1nn(CC(=O)Nc2cc(OCC(F)F)cc([N+](=O)[O-])c2)c(C)c1[N+](=O)[O-]. The van der Waals surface area contributed by atoms with Crippen molar-refractivity contribution in [2.45, 2.75) is 26.8 Å². The van der Waals surface area contributed by atoms with Gasteiger partial charge in [0.15, 0.2) is 0 Å². The average molecular weight is 399 g/mol. The van der Waals surface area contributed by atoms with Gasteiger partial charge in [-0.2, -0.15) is 5.10 Å². The molecule has 0 fully saturated rings. The van der Waals surface area contributed by atoms with Crippen LogP contribution >= 0.6 is 0 Å². The predicted molar refractivity (Wildman–Crippen MR) is 91.6 cm³/mol. The van der Waals surface area contributed by atoms with Crippen LogP contribution in [0.25, 0.3) is 0 Å². The Labute approximate surface area is 156 Å². The van der Waals surface area contributed by atoms with Gasteiger partial charge in [0.2, 0.25) is 5.91 Å². The van der Waals surface area contributed by atoms with E-state index in [1.54, 1.807) is 0 Å². The quantitative estimate of drug-likeness (QED) is 0.531. The van der Waals surface area contributed by atoms with Gasteiger partial charge < -0.3 is 10.1 Å². The van der Waals surface area contributed by atoms with E-state index in [9.17, 15) is 33.8 Å². The molecule has 28 heavy (non-hydrogen) atoms. The van der Waals surface area contributed by atoms with E-state index < -0.39 is 41.0 Å². The van der Waals surface area contributed by atoms with Crippen molar-refractivity contribution in [3.63, 3.8) is 0 Å². The number of nitrogens with zero attached hydrogens (tertiary/aromatic N) is 4. The van der Waals surface area contributed by atoms with Crippen LogP contribution in [0.3, 0.4) is 0 Å². The molecule has 0 aliphatic heterocycles. The third-order valence-corrected chi connectivity index (χ3v) is 3.58. The van der Waals surface area contributed by atoms with E-state index in [1.165, 1.54) is 13.8 Å². The third kappa shape index (κ3) is 4.96. The third-order valence-electron chi connectivity index (χ3n) is 3.58. The van der Waals surface area contributed by atoms with Gasteiger partial charge in [0.05, 0.1) is 21.6 Å². The maximum absolute atomic E-state index is 12.3. The maximum atomic E-state index is 12.3. The van der Waals surface area contributed by atoms with Gasteiger partial charge in [-0.25, -0.2) is 8.78 Å². The van der Waals surface area contributed by atoms with E-state index >= 15 is 0 Å². The monoisotopic (exact) mass is 399 g/mol. The number of rotatable bonds is 8. The Morgan fingerprint density at radius 2 is 1.93 bits per heavy atom. The van der Waals surface area contributed by atoms with E-state index in [0.717, 1.165) is 22.9 Å². The minimum absolute atomic E-state index is 0.0560. The fourth-order valence-corrected chi connectivity index (χ4v) is 2.45. The molecule has 1 aromatic heterocycles. The number of ether oxygens (including phenoxy) is 1. The Kier molecular flexibility index (Phi) is 6.18. The summed E-state index contributed by atoms with van der Waals surface area (Å²) in [4.78, 5) is 32.8. The largest absolute Gasteiger partial charge is 0.487 e. The summed E-state index contributed by atoms with van der Waals surface area (Å²) in [5.41, 5.74) is -0.444. The molecule has 0 radical (unpaired) electrons. The first-order chi connectivity index (χ1) is 13.1. The number of halogens is 2. The van der Waals surface area contributed by atoms with E-state index in [4.69, 9.17) is 4.74 Å². The van der Waals surface area contributed by atoms with Crippen molar-refractivity contribution in [2.75, 3.05) is 11.9 Å². The summed E-state index contributed by atoms with van der Waals surface area (Å²) in [6, 6.07) is 3.12. The molecule has 150 valence electrons. The molecule has 0 unspecified atom stereocenters. The molecule has 1 N–H and O–H groups in total. The normalized spacial score (nSPS) is 10.8. The lowest BCUT2D eigenvalue weighted by molar-refractivity contribution is -0.386. The van der Waals surface area contributed by atoms with Crippen molar-refractivity contribution in [1.82, 2.24) is 9.78 Å². The molecule has 0 spiro atoms. The molecular weight excluding hydrogens is 384 g/mol. The summed E-state index contributed by atoms with van der Waals surface area (Å²) >= 11 is 0. The highest BCUT2D eigenvalue weighted by Gasteiger charge is 2.23. The van der Waals surface area contributed by atoms with Crippen molar-refractivity contribution in [2.24, 2.45) is 0 Å². The van der Waals surface area contributed by atoms with Gasteiger partial charge in [-0.15, -0.1) is 0 Å². The molecule has 13 heteroatoms. The summed E-state index contributed by atoms with van der Waals surface area (Å²) in [5, 5.41) is 28.3. The topological polar surface area (TPSA) is 142 Å². The van der Waals surface area contributed by atoms with Gasteiger partial charge >= 0.3 is 5.69 Å². The van der Waals surface area contributed by atoms with E-state index in [0.29, 0.717) is 0 Å². The minimum Gasteiger partial charge on any atom is -0.487 e. The van der Waals surface area contributed by atoms with Gasteiger partial charge in [-0.05, 0) is 13.8 Å². The molecule has 0 aliphatic carbocycles. The van der Waals surface area contributed by atoms with Crippen molar-refractivity contribution in [3.8, 4) is 5.75 Å². The molecule has 11 nitrogen and oxygen atoms in total. The second kappa shape index (κ2) is 8.37. The summed E-state index contributed by atoms with van der Waals surface area (Å²) in [6.07, 6.45) is -2.78. The first kappa shape index (κ1) is 20.7. The molecular formula is C15H15F2N5O6. The summed E-state index contributed by atoms with van der Waals surface area (Å²) in [5.74, 6) is -0.896. The number of hydrogen-bond donors (Lipinski definition) is 1. The fourth-order valence-electron chi connectivity index (χ4n) is 2.45.